The molecule has 0 bridgehead atoms. The van der Waals surface area contributed by atoms with E-state index in [1.807, 2.05) is 46.4 Å². The molecule has 10 nitrogen and oxygen atoms in total. The number of nitrogens with two attached hydrogens (primary N) is 1. The second kappa shape index (κ2) is 13.7. The van der Waals surface area contributed by atoms with Crippen molar-refractivity contribution in [3.8, 4) is 0 Å². The van der Waals surface area contributed by atoms with Crippen molar-refractivity contribution in [2.24, 2.45) is 56.5 Å². The van der Waals surface area contributed by atoms with Crippen LogP contribution in [0.3, 0.4) is 0 Å². The monoisotopic (exact) mass is 696 g/mol. The Morgan fingerprint density at radius 2 is 1.36 bits per heavy atom. The minimum atomic E-state index is -1.01. The largest absolute Gasteiger partial charge is 0.363 e. The Labute approximate surface area is 299 Å². The Kier molecular flexibility index (Phi) is 10.6. The third kappa shape index (κ3) is 6.83. The number of nitrogens with one attached hydrogen (secondary N) is 1. The second-order valence-electron chi connectivity index (χ2n) is 19.3. The van der Waals surface area contributed by atoms with Crippen molar-refractivity contribution in [2.75, 3.05) is 32.7 Å². The Hall–Kier alpha value is -2.62. The lowest BCUT2D eigenvalue weighted by atomic mass is 9.73. The molecule has 0 aromatic heterocycles. The van der Waals surface area contributed by atoms with Crippen LogP contribution in [0.1, 0.15) is 126 Å². The first-order valence-corrected chi connectivity index (χ1v) is 19.3. The fourth-order valence-corrected chi connectivity index (χ4v) is 10.5. The zero-order valence-electron chi connectivity index (χ0n) is 32.1. The number of rotatable bonds is 13. The molecule has 5 fully saturated rings. The van der Waals surface area contributed by atoms with Gasteiger partial charge >= 0.3 is 0 Å². The van der Waals surface area contributed by atoms with Crippen LogP contribution in [0.2, 0.25) is 0 Å². The number of carbonyl (C=O) groups is 6. The van der Waals surface area contributed by atoms with Crippen LogP contribution >= 0.6 is 0 Å². The highest BCUT2D eigenvalue weighted by Gasteiger charge is 2.85. The van der Waals surface area contributed by atoms with Gasteiger partial charge in [0.25, 0.3) is 5.91 Å². The number of hydrogen-bond acceptors (Lipinski definition) is 7. The quantitative estimate of drug-likeness (QED) is 0.265. The topological polar surface area (TPSA) is 147 Å². The Balaban J connectivity index is 1.40. The summed E-state index contributed by atoms with van der Waals surface area (Å²) in [6.45, 7) is 19.5. The number of fused-ring (bicyclic) bond motifs is 1. The van der Waals surface area contributed by atoms with Gasteiger partial charge in [0.15, 0.2) is 5.78 Å². The predicted molar refractivity (Wildman–Crippen MR) is 191 cm³/mol. The lowest BCUT2D eigenvalue weighted by molar-refractivity contribution is -0.147. The summed E-state index contributed by atoms with van der Waals surface area (Å²) in [6, 6.07) is -0.720. The standard InChI is InChI=1S/C40H64N4O6/c1-36(2,3)28(34(49)43-17-15-42-16-18-43)21-27(45)22-29(37(4,5)6)35(50)44-24-40(38(7,8)39(40)13-10-14-39)23-30(44)31(46)20-26(32(47)33(41)48)19-25-11-9-12-25/h25-26,28-30,42H,9-24H2,1-8H3,(H2,41,48)/t26?,28-,29-,30+,40-/m1/s1. The van der Waals surface area contributed by atoms with Crippen molar-refractivity contribution in [3.63, 3.8) is 0 Å². The van der Waals surface area contributed by atoms with Crippen LogP contribution in [0.4, 0.5) is 0 Å². The number of ketones is 3. The lowest BCUT2D eigenvalue weighted by Gasteiger charge is -2.37. The Morgan fingerprint density at radius 1 is 0.800 bits per heavy atom. The number of primary amides is 1. The first kappa shape index (κ1) is 38.6. The summed E-state index contributed by atoms with van der Waals surface area (Å²) in [5.41, 5.74) is 4.27. The van der Waals surface area contributed by atoms with E-state index >= 15 is 0 Å². The van der Waals surface area contributed by atoms with Gasteiger partial charge in [-0.25, -0.2) is 0 Å². The first-order valence-electron chi connectivity index (χ1n) is 19.3. The van der Waals surface area contributed by atoms with Gasteiger partial charge < -0.3 is 20.9 Å². The third-order valence-electron chi connectivity index (χ3n) is 14.3. The maximum atomic E-state index is 14.9. The van der Waals surface area contributed by atoms with E-state index in [9.17, 15) is 28.8 Å². The summed E-state index contributed by atoms with van der Waals surface area (Å²) in [7, 11) is 0. The van der Waals surface area contributed by atoms with Gasteiger partial charge in [-0.2, -0.15) is 0 Å². The number of amides is 3. The summed E-state index contributed by atoms with van der Waals surface area (Å²) in [6.07, 6.45) is 7.27. The van der Waals surface area contributed by atoms with Crippen LogP contribution in [-0.2, 0) is 28.8 Å². The maximum Gasteiger partial charge on any atom is 0.285 e. The zero-order valence-corrected chi connectivity index (χ0v) is 32.1. The van der Waals surface area contributed by atoms with Gasteiger partial charge in [0, 0.05) is 75.2 Å². The number of carbonyl (C=O) groups excluding carboxylic acids is 6. The fraction of sp³-hybridized carbons (Fsp3) is 0.850. The van der Waals surface area contributed by atoms with Gasteiger partial charge in [0.2, 0.25) is 17.6 Å². The molecule has 5 atom stereocenters. The van der Waals surface area contributed by atoms with E-state index in [-0.39, 0.29) is 58.9 Å². The van der Waals surface area contributed by atoms with Crippen molar-refractivity contribution in [3.05, 3.63) is 0 Å². The van der Waals surface area contributed by atoms with Gasteiger partial charge in [0.1, 0.15) is 5.78 Å². The van der Waals surface area contributed by atoms with Gasteiger partial charge in [-0.3, -0.25) is 28.8 Å². The molecule has 2 heterocycles. The third-order valence-corrected chi connectivity index (χ3v) is 14.3. The van der Waals surface area contributed by atoms with E-state index in [1.54, 1.807) is 4.90 Å². The maximum absolute atomic E-state index is 14.9. The van der Waals surface area contributed by atoms with Gasteiger partial charge in [-0.1, -0.05) is 81.1 Å². The van der Waals surface area contributed by atoms with E-state index in [4.69, 9.17) is 5.73 Å². The molecular formula is C40H64N4O6. The van der Waals surface area contributed by atoms with Crippen molar-refractivity contribution < 1.29 is 28.8 Å². The molecule has 3 amide bonds. The minimum absolute atomic E-state index is 0.00678. The van der Waals surface area contributed by atoms with Crippen LogP contribution in [0.5, 0.6) is 0 Å². The van der Waals surface area contributed by atoms with E-state index in [1.165, 1.54) is 0 Å². The highest BCUT2D eigenvalue weighted by atomic mass is 16.2. The Morgan fingerprint density at radius 3 is 1.80 bits per heavy atom. The molecule has 0 radical (unpaired) electrons. The molecule has 2 saturated heterocycles. The predicted octanol–water partition coefficient (Wildman–Crippen LogP) is 4.71. The number of likely N-dealkylation sites (tertiary alicyclic amines) is 1. The average molecular weight is 697 g/mol. The summed E-state index contributed by atoms with van der Waals surface area (Å²) in [5.74, 6) is -3.88. The summed E-state index contributed by atoms with van der Waals surface area (Å²) >= 11 is 0. The molecule has 5 aliphatic rings. The van der Waals surface area contributed by atoms with Gasteiger partial charge in [0.05, 0.1) is 6.04 Å². The molecule has 3 N–H and O–H groups in total. The van der Waals surface area contributed by atoms with Crippen molar-refractivity contribution in [1.82, 2.24) is 15.1 Å². The van der Waals surface area contributed by atoms with Crippen molar-refractivity contribution in [1.29, 1.82) is 0 Å². The first-order chi connectivity index (χ1) is 23.2. The van der Waals surface area contributed by atoms with Gasteiger partial charge in [-0.05, 0) is 53.3 Å². The average Bonchev–Trinajstić information content (AvgIpc) is 3.21. The fourth-order valence-electron chi connectivity index (χ4n) is 10.5. The van der Waals surface area contributed by atoms with Crippen LogP contribution in [0, 0.1) is 50.7 Å². The van der Waals surface area contributed by atoms with Crippen LogP contribution < -0.4 is 11.1 Å². The lowest BCUT2D eigenvalue weighted by Crippen LogP contribution is -2.51. The molecular weight excluding hydrogens is 632 g/mol. The molecule has 3 aliphatic carbocycles. The van der Waals surface area contributed by atoms with Gasteiger partial charge in [-0.15, -0.1) is 0 Å². The van der Waals surface area contributed by atoms with E-state index in [0.29, 0.717) is 38.4 Å². The molecule has 50 heavy (non-hydrogen) atoms. The molecule has 10 heteroatoms. The summed E-state index contributed by atoms with van der Waals surface area (Å²) in [5, 5.41) is 3.28. The van der Waals surface area contributed by atoms with Crippen LogP contribution in [0.15, 0.2) is 0 Å². The smallest absolute Gasteiger partial charge is 0.285 e. The minimum Gasteiger partial charge on any atom is -0.363 e. The van der Waals surface area contributed by atoms with Crippen LogP contribution in [0.25, 0.3) is 0 Å². The molecule has 2 spiro atoms. The van der Waals surface area contributed by atoms with E-state index in [0.717, 1.165) is 51.6 Å². The molecule has 3 saturated carbocycles. The van der Waals surface area contributed by atoms with E-state index in [2.05, 4.69) is 19.2 Å². The SMILES string of the molecule is CC(C)(C)[C@H](CC(=O)C[C@H](C(=O)N1C[C@]2(C[C@H]1C(=O)CC(CC1CCC1)C(=O)C(N)=O)C(C)(C)C21CCC1)C(C)(C)C)C(=O)N1CCNCC1. The molecule has 0 aromatic rings. The van der Waals surface area contributed by atoms with E-state index < -0.39 is 46.3 Å². The van der Waals surface area contributed by atoms with Crippen molar-refractivity contribution >= 4 is 35.1 Å². The highest BCUT2D eigenvalue weighted by molar-refractivity contribution is 6.36. The number of nitrogens with zero attached hydrogens (tertiary/aromatic N) is 2. The highest BCUT2D eigenvalue weighted by Crippen LogP contribution is 2.88. The van der Waals surface area contributed by atoms with Crippen molar-refractivity contribution in [2.45, 2.75) is 132 Å². The number of Topliss-reactive ketones (excluding diaryl/α,β-unsaturated/α-hetero) is 3. The number of piperazine rings is 1. The zero-order chi connectivity index (χ0) is 37.0. The molecule has 280 valence electrons. The summed E-state index contributed by atoms with van der Waals surface area (Å²) in [4.78, 5) is 85.6. The Bertz CT molecular complexity index is 1380. The van der Waals surface area contributed by atoms with Crippen LogP contribution in [-0.4, -0.2) is 83.6 Å². The molecule has 1 unspecified atom stereocenters. The molecule has 2 aliphatic heterocycles. The number of hydrogen-bond donors (Lipinski definition) is 2. The summed E-state index contributed by atoms with van der Waals surface area (Å²) < 4.78 is 0. The molecule has 5 rings (SSSR count). The molecule has 0 aromatic carbocycles. The second-order valence-corrected chi connectivity index (χ2v) is 19.3. The normalized spacial score (nSPS) is 27.6.